The highest BCUT2D eigenvalue weighted by molar-refractivity contribution is 7.80. The van der Waals surface area contributed by atoms with Crippen LogP contribution in [0.25, 0.3) is 0 Å². The van der Waals surface area contributed by atoms with E-state index < -0.39 is 40.3 Å². The maximum Gasteiger partial charge on any atom is 0.418 e. The van der Waals surface area contributed by atoms with Crippen molar-refractivity contribution in [3.8, 4) is 0 Å². The number of amides is 4. The summed E-state index contributed by atoms with van der Waals surface area (Å²) in [5.74, 6) is -1.33. The lowest BCUT2D eigenvalue weighted by Gasteiger charge is -2.29. The smallest absolute Gasteiger partial charge is 0.418 e. The summed E-state index contributed by atoms with van der Waals surface area (Å²) in [6.07, 6.45) is 1.80. The van der Waals surface area contributed by atoms with E-state index in [1.54, 1.807) is 0 Å². The van der Waals surface area contributed by atoms with Crippen LogP contribution in [0.15, 0.2) is 22.8 Å². The van der Waals surface area contributed by atoms with Crippen LogP contribution in [-0.4, -0.2) is 59.4 Å². The molecule has 1 aromatic rings. The maximum atomic E-state index is 12.2. The van der Waals surface area contributed by atoms with Gasteiger partial charge in [0.1, 0.15) is 6.04 Å². The van der Waals surface area contributed by atoms with Gasteiger partial charge in [-0.15, -0.1) is 4.28 Å². The Bertz CT molecular complexity index is 792. The van der Waals surface area contributed by atoms with Crippen LogP contribution < -0.4 is 10.9 Å². The SMILES string of the molecule is O=C(NNC(=O)[C@@H]1CC[C@@H]2CN1C(=O)N2OS(=O)(=O)O)c1ccco1. The van der Waals surface area contributed by atoms with E-state index in [0.29, 0.717) is 5.06 Å². The quantitative estimate of drug-likeness (QED) is 0.449. The van der Waals surface area contributed by atoms with E-state index in [-0.39, 0.29) is 25.1 Å². The first-order valence-corrected chi connectivity index (χ1v) is 8.53. The van der Waals surface area contributed by atoms with E-state index in [9.17, 15) is 22.8 Å². The number of furan rings is 1. The van der Waals surface area contributed by atoms with Gasteiger partial charge in [0, 0.05) is 6.54 Å². The van der Waals surface area contributed by atoms with Crippen LogP contribution in [0.5, 0.6) is 0 Å². The Kier molecular flexibility index (Phi) is 4.36. The molecule has 2 aliphatic heterocycles. The van der Waals surface area contributed by atoms with Crippen LogP contribution in [0.3, 0.4) is 0 Å². The van der Waals surface area contributed by atoms with Gasteiger partial charge in [0.05, 0.1) is 12.3 Å². The van der Waals surface area contributed by atoms with Crippen molar-refractivity contribution in [1.82, 2.24) is 20.8 Å². The standard InChI is InChI=1S/C12H14N4O8S/c17-10(13-14-11(18)9-2-1-5-23-9)8-4-3-7-6-15(8)12(19)16(7)24-25(20,21)22/h1-2,5,7-8H,3-4,6H2,(H,13,17)(H,14,18)(H,20,21,22)/t7-,8+/m1/s1. The molecule has 0 radical (unpaired) electrons. The minimum atomic E-state index is -4.85. The predicted octanol–water partition coefficient (Wildman–Crippen LogP) is -0.956. The van der Waals surface area contributed by atoms with Crippen molar-refractivity contribution in [3.63, 3.8) is 0 Å². The van der Waals surface area contributed by atoms with Crippen LogP contribution in [0.4, 0.5) is 4.79 Å². The third kappa shape index (κ3) is 3.57. The number of nitrogens with one attached hydrogen (secondary N) is 2. The molecule has 3 rings (SSSR count). The average Bonchev–Trinajstić information content (AvgIpc) is 3.16. The second kappa shape index (κ2) is 6.34. The van der Waals surface area contributed by atoms with Gasteiger partial charge in [-0.2, -0.15) is 13.5 Å². The molecule has 12 nitrogen and oxygen atoms in total. The summed E-state index contributed by atoms with van der Waals surface area (Å²) < 4.78 is 39.5. The van der Waals surface area contributed by atoms with Crippen LogP contribution in [0, 0.1) is 0 Å². The van der Waals surface area contributed by atoms with E-state index in [2.05, 4.69) is 15.1 Å². The predicted molar refractivity (Wildman–Crippen MR) is 77.7 cm³/mol. The average molecular weight is 374 g/mol. The molecule has 2 fully saturated rings. The van der Waals surface area contributed by atoms with Crippen LogP contribution in [0.2, 0.25) is 0 Å². The first kappa shape index (κ1) is 17.2. The monoisotopic (exact) mass is 374 g/mol. The van der Waals surface area contributed by atoms with Crippen molar-refractivity contribution in [3.05, 3.63) is 24.2 Å². The van der Waals surface area contributed by atoms with Crippen molar-refractivity contribution in [2.24, 2.45) is 0 Å². The molecule has 2 bridgehead atoms. The molecular formula is C12H14N4O8S. The highest BCUT2D eigenvalue weighted by Gasteiger charge is 2.49. The van der Waals surface area contributed by atoms with Crippen LogP contribution in [0.1, 0.15) is 23.4 Å². The van der Waals surface area contributed by atoms with E-state index in [4.69, 9.17) is 8.97 Å². The van der Waals surface area contributed by atoms with Crippen LogP contribution >= 0.6 is 0 Å². The van der Waals surface area contributed by atoms with Crippen molar-refractivity contribution in [2.45, 2.75) is 24.9 Å². The maximum absolute atomic E-state index is 12.2. The van der Waals surface area contributed by atoms with E-state index in [1.807, 2.05) is 0 Å². The second-order valence-electron chi connectivity index (χ2n) is 5.43. The number of piperidine rings is 1. The summed E-state index contributed by atoms with van der Waals surface area (Å²) in [5.41, 5.74) is 4.34. The van der Waals surface area contributed by atoms with Crippen molar-refractivity contribution >= 4 is 28.2 Å². The van der Waals surface area contributed by atoms with Gasteiger partial charge in [0.15, 0.2) is 5.76 Å². The van der Waals surface area contributed by atoms with Crippen molar-refractivity contribution < 1.29 is 36.1 Å². The summed E-state index contributed by atoms with van der Waals surface area (Å²) in [7, 11) is -4.85. The molecule has 0 spiro atoms. The molecule has 0 unspecified atom stereocenters. The number of hydrogen-bond donors (Lipinski definition) is 3. The Balaban J connectivity index is 1.61. The Hall–Kier alpha value is -2.64. The number of fused-ring (bicyclic) bond motifs is 2. The largest absolute Gasteiger partial charge is 0.459 e. The molecule has 0 aliphatic carbocycles. The summed E-state index contributed by atoms with van der Waals surface area (Å²) in [6, 6.07) is 0.524. The van der Waals surface area contributed by atoms with Crippen molar-refractivity contribution in [2.75, 3.05) is 6.54 Å². The normalized spacial score (nSPS) is 22.8. The first-order chi connectivity index (χ1) is 11.8. The zero-order valence-corrected chi connectivity index (χ0v) is 13.4. The third-order valence-corrected chi connectivity index (χ3v) is 4.19. The zero-order chi connectivity index (χ0) is 18.2. The highest BCUT2D eigenvalue weighted by atomic mass is 32.3. The molecule has 136 valence electrons. The highest BCUT2D eigenvalue weighted by Crippen LogP contribution is 2.30. The van der Waals surface area contributed by atoms with E-state index >= 15 is 0 Å². The molecule has 2 saturated heterocycles. The molecule has 4 amide bonds. The molecule has 1 aromatic heterocycles. The van der Waals surface area contributed by atoms with E-state index in [0.717, 1.165) is 4.90 Å². The second-order valence-corrected chi connectivity index (χ2v) is 6.44. The molecule has 0 aromatic carbocycles. The van der Waals surface area contributed by atoms with Gasteiger partial charge >= 0.3 is 22.3 Å². The number of urea groups is 1. The Morgan fingerprint density at radius 3 is 2.72 bits per heavy atom. The Morgan fingerprint density at radius 2 is 2.08 bits per heavy atom. The number of hydroxylamine groups is 2. The number of hydrazine groups is 1. The number of hydrogen-bond acceptors (Lipinski definition) is 7. The summed E-state index contributed by atoms with van der Waals surface area (Å²) in [4.78, 5) is 37.2. The minimum Gasteiger partial charge on any atom is -0.459 e. The molecule has 3 N–H and O–H groups in total. The molecule has 3 heterocycles. The molecule has 0 saturated carbocycles. The van der Waals surface area contributed by atoms with E-state index in [1.165, 1.54) is 18.4 Å². The van der Waals surface area contributed by atoms with Gasteiger partial charge in [0.2, 0.25) is 0 Å². The molecule has 2 aliphatic rings. The minimum absolute atomic E-state index is 0.00557. The summed E-state index contributed by atoms with van der Waals surface area (Å²) >= 11 is 0. The fourth-order valence-corrected chi connectivity index (χ4v) is 3.16. The van der Waals surface area contributed by atoms with Gasteiger partial charge in [-0.1, -0.05) is 0 Å². The third-order valence-electron chi connectivity index (χ3n) is 3.84. The lowest BCUT2D eigenvalue weighted by atomic mass is 10.0. The fourth-order valence-electron chi connectivity index (χ4n) is 2.78. The summed E-state index contributed by atoms with van der Waals surface area (Å²) in [5, 5.41) is 0.532. The molecule has 13 heteroatoms. The Labute approximate surface area is 141 Å². The number of carbonyl (C=O) groups excluding carboxylic acids is 3. The van der Waals surface area contributed by atoms with Gasteiger partial charge in [-0.05, 0) is 25.0 Å². The zero-order valence-electron chi connectivity index (χ0n) is 12.6. The fraction of sp³-hybridized carbons (Fsp3) is 0.417. The first-order valence-electron chi connectivity index (χ1n) is 7.17. The molecular weight excluding hydrogens is 360 g/mol. The summed E-state index contributed by atoms with van der Waals surface area (Å²) in [6.45, 7) is 0.0541. The van der Waals surface area contributed by atoms with Crippen molar-refractivity contribution in [1.29, 1.82) is 0 Å². The Morgan fingerprint density at radius 1 is 1.32 bits per heavy atom. The van der Waals surface area contributed by atoms with Gasteiger partial charge in [-0.25, -0.2) is 4.79 Å². The van der Waals surface area contributed by atoms with Gasteiger partial charge in [-0.3, -0.25) is 25.0 Å². The molecule has 25 heavy (non-hydrogen) atoms. The van der Waals surface area contributed by atoms with Gasteiger partial charge in [0.25, 0.3) is 5.91 Å². The number of rotatable bonds is 4. The van der Waals surface area contributed by atoms with Crippen LogP contribution in [-0.2, 0) is 19.5 Å². The number of nitrogens with zero attached hydrogens (tertiary/aromatic N) is 2. The molecule has 2 atom stereocenters. The lowest BCUT2D eigenvalue weighted by molar-refractivity contribution is -0.126. The van der Waals surface area contributed by atoms with Gasteiger partial charge < -0.3 is 9.32 Å². The lowest BCUT2D eigenvalue weighted by Crippen LogP contribution is -2.54. The number of carbonyl (C=O) groups is 3. The topological polar surface area (TPSA) is 158 Å².